The first-order valence-electron chi connectivity index (χ1n) is 8.23. The molecule has 0 bridgehead atoms. The Labute approximate surface area is 156 Å². The molecule has 0 fully saturated rings. The van der Waals surface area contributed by atoms with Crippen LogP contribution in [0.5, 0.6) is 0 Å². The first-order valence-corrected chi connectivity index (χ1v) is 8.23. The van der Waals surface area contributed by atoms with Gasteiger partial charge < -0.3 is 20.1 Å². The molecule has 2 N–H and O–H groups in total. The van der Waals surface area contributed by atoms with Crippen molar-refractivity contribution >= 4 is 18.3 Å². The minimum atomic E-state index is -0.381. The Morgan fingerprint density at radius 3 is 2.60 bits per heavy atom. The van der Waals surface area contributed by atoms with E-state index in [1.54, 1.807) is 25.1 Å². The van der Waals surface area contributed by atoms with Gasteiger partial charge in [0.25, 0.3) is 5.91 Å². The molecule has 0 aromatic heterocycles. The summed E-state index contributed by atoms with van der Waals surface area (Å²) in [6.45, 7) is 5.61. The van der Waals surface area contributed by atoms with Crippen molar-refractivity contribution in [3.8, 4) is 0 Å². The summed E-state index contributed by atoms with van der Waals surface area (Å²) >= 11 is 0. The highest BCUT2D eigenvalue weighted by molar-refractivity contribution is 5.94. The molecule has 0 aliphatic rings. The molecule has 0 spiro atoms. The summed E-state index contributed by atoms with van der Waals surface area (Å²) < 4.78 is 24.0. The zero-order chi connectivity index (χ0) is 18.1. The quantitative estimate of drug-likeness (QED) is 0.638. The summed E-state index contributed by atoms with van der Waals surface area (Å²) in [6.07, 6.45) is 0.730. The van der Waals surface area contributed by atoms with Crippen molar-refractivity contribution in [2.45, 2.75) is 32.9 Å². The molecule has 0 aliphatic carbocycles. The lowest BCUT2D eigenvalue weighted by molar-refractivity contribution is 0.0603. The molecule has 1 aromatic carbocycles. The van der Waals surface area contributed by atoms with Gasteiger partial charge in [-0.05, 0) is 30.5 Å². The second kappa shape index (κ2) is 12.2. The average Bonchev–Trinajstić information content (AvgIpc) is 2.56. The van der Waals surface area contributed by atoms with Crippen molar-refractivity contribution < 1.29 is 18.7 Å². The van der Waals surface area contributed by atoms with E-state index in [0.29, 0.717) is 36.8 Å². The molecular formula is C18H30ClFN2O3. The zero-order valence-electron chi connectivity index (χ0n) is 15.5. The van der Waals surface area contributed by atoms with Gasteiger partial charge in [-0.3, -0.25) is 4.79 Å². The molecule has 0 heterocycles. The molecule has 25 heavy (non-hydrogen) atoms. The van der Waals surface area contributed by atoms with Gasteiger partial charge in [0, 0.05) is 37.9 Å². The Balaban J connectivity index is 0.00000576. The number of nitrogens with zero attached hydrogens (tertiary/aromatic N) is 1. The van der Waals surface area contributed by atoms with Crippen molar-refractivity contribution in [1.29, 1.82) is 0 Å². The Morgan fingerprint density at radius 1 is 1.32 bits per heavy atom. The SMILES string of the molecule is COCCOCc1cc(C(=O)N(C)CCC(N)C(C)C)ccc1F.Cl. The minimum absolute atomic E-state index is 0. The third-order valence-corrected chi connectivity index (χ3v) is 3.98. The molecule has 7 heteroatoms. The van der Waals surface area contributed by atoms with Gasteiger partial charge in [-0.2, -0.15) is 0 Å². The third-order valence-electron chi connectivity index (χ3n) is 3.98. The highest BCUT2D eigenvalue weighted by atomic mass is 35.5. The highest BCUT2D eigenvalue weighted by Gasteiger charge is 2.16. The van der Waals surface area contributed by atoms with Crippen molar-refractivity contribution in [2.24, 2.45) is 11.7 Å². The molecule has 1 atom stereocenters. The number of hydrogen-bond donors (Lipinski definition) is 1. The van der Waals surface area contributed by atoms with Crippen LogP contribution in [0.1, 0.15) is 36.2 Å². The van der Waals surface area contributed by atoms with Crippen LogP contribution >= 0.6 is 12.4 Å². The number of ether oxygens (including phenoxy) is 2. The summed E-state index contributed by atoms with van der Waals surface area (Å²) in [5.41, 5.74) is 6.82. The lowest BCUT2D eigenvalue weighted by atomic mass is 10.0. The summed E-state index contributed by atoms with van der Waals surface area (Å²) in [6, 6.07) is 4.40. The van der Waals surface area contributed by atoms with Gasteiger partial charge >= 0.3 is 0 Å². The summed E-state index contributed by atoms with van der Waals surface area (Å²) in [7, 11) is 3.30. The highest BCUT2D eigenvalue weighted by Crippen LogP contribution is 2.14. The van der Waals surface area contributed by atoms with E-state index in [0.717, 1.165) is 6.42 Å². The first-order chi connectivity index (χ1) is 11.4. The second-order valence-electron chi connectivity index (χ2n) is 6.27. The van der Waals surface area contributed by atoms with E-state index in [1.165, 1.54) is 12.1 Å². The molecule has 1 aromatic rings. The third kappa shape index (κ3) is 8.14. The van der Waals surface area contributed by atoms with Gasteiger partial charge in [0.05, 0.1) is 19.8 Å². The van der Waals surface area contributed by atoms with Crippen molar-refractivity contribution in [3.05, 3.63) is 35.1 Å². The van der Waals surface area contributed by atoms with Crippen molar-refractivity contribution in [3.63, 3.8) is 0 Å². The van der Waals surface area contributed by atoms with Gasteiger partial charge in [-0.15, -0.1) is 12.4 Å². The van der Waals surface area contributed by atoms with Gasteiger partial charge in [0.15, 0.2) is 0 Å². The largest absolute Gasteiger partial charge is 0.382 e. The number of hydrogen-bond acceptors (Lipinski definition) is 4. The number of benzene rings is 1. The molecule has 0 aliphatic heterocycles. The summed E-state index contributed by atoms with van der Waals surface area (Å²) in [5, 5.41) is 0. The van der Waals surface area contributed by atoms with E-state index >= 15 is 0 Å². The van der Waals surface area contributed by atoms with Crippen LogP contribution < -0.4 is 5.73 Å². The maximum atomic E-state index is 13.8. The van der Waals surface area contributed by atoms with Crippen LogP contribution in [0.3, 0.4) is 0 Å². The predicted molar refractivity (Wildman–Crippen MR) is 99.6 cm³/mol. The summed E-state index contributed by atoms with van der Waals surface area (Å²) in [5.74, 6) is -0.160. The molecule has 1 amide bonds. The van der Waals surface area contributed by atoms with Crippen LogP contribution in [0.4, 0.5) is 4.39 Å². The zero-order valence-corrected chi connectivity index (χ0v) is 16.3. The van der Waals surface area contributed by atoms with Crippen LogP contribution in [0, 0.1) is 11.7 Å². The van der Waals surface area contributed by atoms with E-state index in [-0.39, 0.29) is 36.8 Å². The Kier molecular flexibility index (Phi) is 11.6. The second-order valence-corrected chi connectivity index (χ2v) is 6.27. The number of halogens is 2. The minimum Gasteiger partial charge on any atom is -0.382 e. The van der Waals surface area contributed by atoms with Crippen LogP contribution in [0.15, 0.2) is 18.2 Å². The van der Waals surface area contributed by atoms with E-state index in [4.69, 9.17) is 15.2 Å². The average molecular weight is 377 g/mol. The fourth-order valence-electron chi connectivity index (χ4n) is 2.14. The lowest BCUT2D eigenvalue weighted by Crippen LogP contribution is -2.34. The van der Waals surface area contributed by atoms with E-state index in [9.17, 15) is 9.18 Å². The van der Waals surface area contributed by atoms with E-state index in [2.05, 4.69) is 13.8 Å². The smallest absolute Gasteiger partial charge is 0.253 e. The molecule has 0 saturated carbocycles. The topological polar surface area (TPSA) is 64.8 Å². The first kappa shape index (κ1) is 23.8. The van der Waals surface area contributed by atoms with Crippen LogP contribution in [0.25, 0.3) is 0 Å². The fourth-order valence-corrected chi connectivity index (χ4v) is 2.14. The predicted octanol–water partition coefficient (Wildman–Crippen LogP) is 2.86. The molecule has 1 unspecified atom stereocenters. The monoisotopic (exact) mass is 376 g/mol. The van der Waals surface area contributed by atoms with Gasteiger partial charge in [-0.1, -0.05) is 13.8 Å². The van der Waals surface area contributed by atoms with Crippen LogP contribution in [-0.2, 0) is 16.1 Å². The van der Waals surface area contributed by atoms with Crippen molar-refractivity contribution in [2.75, 3.05) is 33.9 Å². The Bertz CT molecular complexity index is 529. The van der Waals surface area contributed by atoms with Crippen LogP contribution in [0.2, 0.25) is 0 Å². The number of methoxy groups -OCH3 is 1. The molecule has 1 rings (SSSR count). The maximum absolute atomic E-state index is 13.8. The maximum Gasteiger partial charge on any atom is 0.253 e. The molecule has 0 radical (unpaired) electrons. The number of amides is 1. The van der Waals surface area contributed by atoms with Crippen LogP contribution in [-0.4, -0.2) is 50.8 Å². The number of carbonyl (C=O) groups is 1. The Morgan fingerprint density at radius 2 is 2.00 bits per heavy atom. The number of carbonyl (C=O) groups excluding carboxylic acids is 1. The van der Waals surface area contributed by atoms with Gasteiger partial charge in [0.2, 0.25) is 0 Å². The van der Waals surface area contributed by atoms with Gasteiger partial charge in [-0.25, -0.2) is 4.39 Å². The standard InChI is InChI=1S/C18H29FN2O3.ClH/c1-13(2)17(20)7-8-21(3)18(22)14-5-6-16(19)15(11-14)12-24-10-9-23-4;/h5-6,11,13,17H,7-10,12,20H2,1-4H3;1H. The van der Waals surface area contributed by atoms with E-state index in [1.807, 2.05) is 0 Å². The normalized spacial score (nSPS) is 12.0. The Hall–Kier alpha value is -1.21. The molecule has 5 nitrogen and oxygen atoms in total. The van der Waals surface area contributed by atoms with Gasteiger partial charge in [0.1, 0.15) is 5.82 Å². The fraction of sp³-hybridized carbons (Fsp3) is 0.611. The molecule has 0 saturated heterocycles. The number of rotatable bonds is 10. The molecular weight excluding hydrogens is 347 g/mol. The summed E-state index contributed by atoms with van der Waals surface area (Å²) in [4.78, 5) is 14.1. The van der Waals surface area contributed by atoms with E-state index < -0.39 is 0 Å². The van der Waals surface area contributed by atoms with Crippen molar-refractivity contribution in [1.82, 2.24) is 4.90 Å². The lowest BCUT2D eigenvalue weighted by Gasteiger charge is -2.22. The number of nitrogens with two attached hydrogens (primary N) is 1. The molecule has 144 valence electrons.